The quantitative estimate of drug-likeness (QED) is 0.570. The van der Waals surface area contributed by atoms with Crippen molar-refractivity contribution in [3.8, 4) is 0 Å². The summed E-state index contributed by atoms with van der Waals surface area (Å²) in [5.41, 5.74) is 0.203. The molecule has 2 heterocycles. The van der Waals surface area contributed by atoms with Gasteiger partial charge in [0.1, 0.15) is 5.65 Å². The Kier molecular flexibility index (Phi) is 1.89. The molecule has 0 amide bonds. The second kappa shape index (κ2) is 3.28. The standard InChI is InChI=1S/C12H8N3O2/c1-15-11(16)8-6-7-4-2-3-5-9(7)13-10(8)14-12(15)17/h2,4-6H,1H3,(H,13,14,17). The van der Waals surface area contributed by atoms with Crippen molar-refractivity contribution in [2.24, 2.45) is 7.05 Å². The van der Waals surface area contributed by atoms with Crippen LogP contribution in [0, 0.1) is 6.07 Å². The smallest absolute Gasteiger partial charge is 0.291 e. The average molecular weight is 226 g/mol. The monoisotopic (exact) mass is 226 g/mol. The Balaban J connectivity index is 2.62. The van der Waals surface area contributed by atoms with Crippen LogP contribution in [0.15, 0.2) is 33.9 Å². The van der Waals surface area contributed by atoms with Crippen LogP contribution in [-0.2, 0) is 7.05 Å². The molecule has 0 saturated heterocycles. The molecule has 3 rings (SSSR count). The van der Waals surface area contributed by atoms with Crippen molar-refractivity contribution in [1.29, 1.82) is 0 Å². The number of nitrogens with one attached hydrogen (secondary N) is 1. The molecule has 0 unspecified atom stereocenters. The molecule has 0 saturated carbocycles. The molecular formula is C12H8N3O2. The molecule has 3 aromatic rings. The summed E-state index contributed by atoms with van der Waals surface area (Å²) in [6, 6.07) is 9.92. The van der Waals surface area contributed by atoms with Crippen LogP contribution in [0.1, 0.15) is 0 Å². The van der Waals surface area contributed by atoms with Gasteiger partial charge >= 0.3 is 5.69 Å². The van der Waals surface area contributed by atoms with Crippen LogP contribution in [0.4, 0.5) is 0 Å². The van der Waals surface area contributed by atoms with Gasteiger partial charge in [0.15, 0.2) is 0 Å². The first kappa shape index (κ1) is 9.77. The molecule has 0 bridgehead atoms. The molecule has 0 spiro atoms. The first-order chi connectivity index (χ1) is 8.16. The van der Waals surface area contributed by atoms with Crippen molar-refractivity contribution < 1.29 is 0 Å². The van der Waals surface area contributed by atoms with Crippen molar-refractivity contribution >= 4 is 21.9 Å². The Morgan fingerprint density at radius 3 is 3.06 bits per heavy atom. The topological polar surface area (TPSA) is 67.8 Å². The van der Waals surface area contributed by atoms with Gasteiger partial charge in [-0.15, -0.1) is 0 Å². The summed E-state index contributed by atoms with van der Waals surface area (Å²) in [5, 5.41) is 1.26. The molecule has 2 aromatic heterocycles. The third-order valence-corrected chi connectivity index (χ3v) is 2.73. The third kappa shape index (κ3) is 1.36. The zero-order valence-corrected chi connectivity index (χ0v) is 9.02. The van der Waals surface area contributed by atoms with Crippen LogP contribution < -0.4 is 11.2 Å². The van der Waals surface area contributed by atoms with E-state index in [-0.39, 0.29) is 5.56 Å². The molecule has 0 aliphatic rings. The van der Waals surface area contributed by atoms with Gasteiger partial charge in [0.05, 0.1) is 10.9 Å². The third-order valence-electron chi connectivity index (χ3n) is 2.73. The minimum Gasteiger partial charge on any atom is -0.291 e. The second-order valence-corrected chi connectivity index (χ2v) is 3.80. The summed E-state index contributed by atoms with van der Waals surface area (Å²) in [6.07, 6.45) is 0. The molecular weight excluding hydrogens is 218 g/mol. The molecule has 1 aromatic carbocycles. The number of H-pyrrole nitrogens is 1. The van der Waals surface area contributed by atoms with Crippen LogP contribution in [0.5, 0.6) is 0 Å². The van der Waals surface area contributed by atoms with E-state index in [1.54, 1.807) is 18.2 Å². The van der Waals surface area contributed by atoms with Crippen LogP contribution in [-0.4, -0.2) is 14.5 Å². The number of rotatable bonds is 0. The number of pyridine rings is 1. The maximum atomic E-state index is 11.9. The Morgan fingerprint density at radius 2 is 2.24 bits per heavy atom. The van der Waals surface area contributed by atoms with E-state index in [1.165, 1.54) is 7.05 Å². The van der Waals surface area contributed by atoms with E-state index in [4.69, 9.17) is 0 Å². The van der Waals surface area contributed by atoms with Crippen molar-refractivity contribution in [3.05, 3.63) is 51.2 Å². The van der Waals surface area contributed by atoms with Gasteiger partial charge in [-0.1, -0.05) is 12.1 Å². The van der Waals surface area contributed by atoms with Crippen molar-refractivity contribution in [1.82, 2.24) is 14.5 Å². The van der Waals surface area contributed by atoms with E-state index in [0.29, 0.717) is 16.6 Å². The number of nitrogens with zero attached hydrogens (tertiary/aromatic N) is 2. The lowest BCUT2D eigenvalue weighted by Crippen LogP contribution is -2.32. The number of aromatic nitrogens is 3. The van der Waals surface area contributed by atoms with E-state index < -0.39 is 5.69 Å². The number of aromatic amines is 1. The predicted molar refractivity (Wildman–Crippen MR) is 63.9 cm³/mol. The summed E-state index contributed by atoms with van der Waals surface area (Å²) in [4.78, 5) is 30.2. The van der Waals surface area contributed by atoms with Gasteiger partial charge < -0.3 is 0 Å². The molecule has 1 radical (unpaired) electrons. The Hall–Kier alpha value is -2.43. The summed E-state index contributed by atoms with van der Waals surface area (Å²) < 4.78 is 1.03. The van der Waals surface area contributed by atoms with Gasteiger partial charge in [-0.3, -0.25) is 14.3 Å². The fourth-order valence-corrected chi connectivity index (χ4v) is 1.77. The summed E-state index contributed by atoms with van der Waals surface area (Å²) in [5.74, 6) is 0. The van der Waals surface area contributed by atoms with Crippen LogP contribution >= 0.6 is 0 Å². The highest BCUT2D eigenvalue weighted by atomic mass is 16.2. The highest BCUT2D eigenvalue weighted by Gasteiger charge is 2.06. The molecule has 0 fully saturated rings. The van der Waals surface area contributed by atoms with Crippen LogP contribution in [0.2, 0.25) is 0 Å². The molecule has 17 heavy (non-hydrogen) atoms. The lowest BCUT2D eigenvalue weighted by molar-refractivity contribution is 0.791. The number of fused-ring (bicyclic) bond motifs is 2. The summed E-state index contributed by atoms with van der Waals surface area (Å²) >= 11 is 0. The summed E-state index contributed by atoms with van der Waals surface area (Å²) in [7, 11) is 1.43. The molecule has 5 nitrogen and oxygen atoms in total. The van der Waals surface area contributed by atoms with E-state index in [0.717, 1.165) is 9.95 Å². The number of hydrogen-bond donors (Lipinski definition) is 1. The first-order valence-electron chi connectivity index (χ1n) is 5.07. The summed E-state index contributed by atoms with van der Waals surface area (Å²) in [6.45, 7) is 0. The van der Waals surface area contributed by atoms with E-state index in [1.807, 2.05) is 6.07 Å². The largest absolute Gasteiger partial charge is 0.329 e. The lowest BCUT2D eigenvalue weighted by atomic mass is 10.2. The SMILES string of the molecule is Cn1c(=O)[nH]c2nc3c[c]ccc3cc2c1=O. The van der Waals surface area contributed by atoms with E-state index in [2.05, 4.69) is 16.0 Å². The van der Waals surface area contributed by atoms with E-state index >= 15 is 0 Å². The maximum Gasteiger partial charge on any atom is 0.329 e. The normalized spacial score (nSPS) is 11.1. The molecule has 1 N–H and O–H groups in total. The predicted octanol–water partition coefficient (Wildman–Crippen LogP) is 0.575. The minimum atomic E-state index is -0.464. The zero-order valence-electron chi connectivity index (χ0n) is 9.02. The van der Waals surface area contributed by atoms with Crippen LogP contribution in [0.3, 0.4) is 0 Å². The Bertz CT molecular complexity index is 846. The van der Waals surface area contributed by atoms with E-state index in [9.17, 15) is 9.59 Å². The van der Waals surface area contributed by atoms with Crippen molar-refractivity contribution in [3.63, 3.8) is 0 Å². The Morgan fingerprint density at radius 1 is 1.41 bits per heavy atom. The van der Waals surface area contributed by atoms with Gasteiger partial charge in [-0.2, -0.15) is 0 Å². The Labute approximate surface area is 95.4 Å². The number of hydrogen-bond acceptors (Lipinski definition) is 3. The fraction of sp³-hybridized carbons (Fsp3) is 0.0833. The molecule has 0 aliphatic carbocycles. The average Bonchev–Trinajstić information content (AvgIpc) is 2.34. The molecule has 5 heteroatoms. The molecule has 83 valence electrons. The van der Waals surface area contributed by atoms with Gasteiger partial charge in [-0.05, 0) is 18.2 Å². The van der Waals surface area contributed by atoms with Crippen molar-refractivity contribution in [2.75, 3.05) is 0 Å². The van der Waals surface area contributed by atoms with Gasteiger partial charge in [0, 0.05) is 12.4 Å². The van der Waals surface area contributed by atoms with Crippen LogP contribution in [0.25, 0.3) is 21.9 Å². The minimum absolute atomic E-state index is 0.310. The first-order valence-corrected chi connectivity index (χ1v) is 5.07. The lowest BCUT2D eigenvalue weighted by Gasteiger charge is -2.02. The highest BCUT2D eigenvalue weighted by molar-refractivity contribution is 5.90. The second-order valence-electron chi connectivity index (χ2n) is 3.80. The molecule has 0 aliphatic heterocycles. The van der Waals surface area contributed by atoms with Gasteiger partial charge in [-0.25, -0.2) is 9.78 Å². The maximum absolute atomic E-state index is 11.9. The highest BCUT2D eigenvalue weighted by Crippen LogP contribution is 2.14. The van der Waals surface area contributed by atoms with Gasteiger partial charge in [0.2, 0.25) is 0 Å². The molecule has 0 atom stereocenters. The van der Waals surface area contributed by atoms with Gasteiger partial charge in [0.25, 0.3) is 5.56 Å². The van der Waals surface area contributed by atoms with Crippen molar-refractivity contribution in [2.45, 2.75) is 0 Å². The zero-order chi connectivity index (χ0) is 12.0. The number of benzene rings is 1. The fourth-order valence-electron chi connectivity index (χ4n) is 1.77.